The Kier molecular flexibility index (Phi) is 4.65. The number of rotatable bonds is 3. The van der Waals surface area contributed by atoms with Gasteiger partial charge in [-0.05, 0) is 47.1 Å². The first-order valence-electron chi connectivity index (χ1n) is 6.88. The summed E-state index contributed by atoms with van der Waals surface area (Å²) in [4.78, 5) is 13.8. The van der Waals surface area contributed by atoms with Crippen molar-refractivity contribution in [2.45, 2.75) is 65.0 Å². The predicted molar refractivity (Wildman–Crippen MR) is 73.4 cm³/mol. The molecule has 2 N–H and O–H groups in total. The fraction of sp³-hybridized carbons (Fsp3) is 0.929. The lowest BCUT2D eigenvalue weighted by Crippen LogP contribution is -2.50. The van der Waals surface area contributed by atoms with Crippen LogP contribution in [0.2, 0.25) is 0 Å². The molecule has 1 amide bonds. The van der Waals surface area contributed by atoms with Crippen molar-refractivity contribution in [2.75, 3.05) is 13.6 Å². The predicted octanol–water partition coefficient (Wildman–Crippen LogP) is 2.76. The summed E-state index contributed by atoms with van der Waals surface area (Å²) in [5, 5.41) is 0. The van der Waals surface area contributed by atoms with E-state index in [1.54, 1.807) is 4.90 Å². The molecule has 0 radical (unpaired) electrons. The summed E-state index contributed by atoms with van der Waals surface area (Å²) in [6.07, 6.45) is 4.39. The quantitative estimate of drug-likeness (QED) is 0.844. The summed E-state index contributed by atoms with van der Waals surface area (Å²) in [5.74, 6) is 0. The average Bonchev–Trinajstić information content (AvgIpc) is 2.74. The topological polar surface area (TPSA) is 55.6 Å². The van der Waals surface area contributed by atoms with Gasteiger partial charge in [0.1, 0.15) is 5.60 Å². The monoisotopic (exact) mass is 256 g/mol. The highest BCUT2D eigenvalue weighted by molar-refractivity contribution is 5.68. The number of hydrogen-bond donors (Lipinski definition) is 1. The van der Waals surface area contributed by atoms with E-state index in [2.05, 4.69) is 6.92 Å². The second-order valence-corrected chi connectivity index (χ2v) is 6.54. The highest BCUT2D eigenvalue weighted by atomic mass is 16.6. The maximum absolute atomic E-state index is 12.1. The van der Waals surface area contributed by atoms with Gasteiger partial charge in [-0.1, -0.05) is 12.8 Å². The number of hydrogen-bond acceptors (Lipinski definition) is 3. The molecule has 1 atom stereocenters. The van der Waals surface area contributed by atoms with Gasteiger partial charge < -0.3 is 15.4 Å². The molecular weight excluding hydrogens is 228 g/mol. The van der Waals surface area contributed by atoms with E-state index >= 15 is 0 Å². The zero-order valence-corrected chi connectivity index (χ0v) is 12.5. The summed E-state index contributed by atoms with van der Waals surface area (Å²) >= 11 is 0. The minimum absolute atomic E-state index is 0.0751. The van der Waals surface area contributed by atoms with Crippen LogP contribution in [0, 0.1) is 5.41 Å². The standard InChI is InChI=1S/C14H28N2O2/c1-11(14(10-15)8-6-7-9-14)16(5)12(17)18-13(2,3)4/h11H,6-10,15H2,1-5H3. The van der Waals surface area contributed by atoms with Crippen molar-refractivity contribution in [3.63, 3.8) is 0 Å². The second kappa shape index (κ2) is 5.47. The largest absolute Gasteiger partial charge is 0.444 e. The van der Waals surface area contributed by atoms with Gasteiger partial charge in [0.05, 0.1) is 0 Å². The number of nitrogens with zero attached hydrogens (tertiary/aromatic N) is 1. The van der Waals surface area contributed by atoms with Gasteiger partial charge in [0.2, 0.25) is 0 Å². The molecule has 0 aromatic carbocycles. The lowest BCUT2D eigenvalue weighted by Gasteiger charge is -2.40. The highest BCUT2D eigenvalue weighted by Crippen LogP contribution is 2.42. The van der Waals surface area contributed by atoms with Gasteiger partial charge >= 0.3 is 6.09 Å². The first kappa shape index (κ1) is 15.3. The van der Waals surface area contributed by atoms with Crippen LogP contribution in [0.15, 0.2) is 0 Å². The molecule has 0 aromatic rings. The van der Waals surface area contributed by atoms with Crippen LogP contribution in [0.1, 0.15) is 53.4 Å². The second-order valence-electron chi connectivity index (χ2n) is 6.54. The number of nitrogens with two attached hydrogens (primary N) is 1. The minimum Gasteiger partial charge on any atom is -0.444 e. The van der Waals surface area contributed by atoms with Crippen molar-refractivity contribution in [3.05, 3.63) is 0 Å². The van der Waals surface area contributed by atoms with Crippen LogP contribution in [0.4, 0.5) is 4.79 Å². The third-order valence-electron chi connectivity index (χ3n) is 4.15. The summed E-state index contributed by atoms with van der Waals surface area (Å²) in [5.41, 5.74) is 5.58. The van der Waals surface area contributed by atoms with Gasteiger partial charge in [0.15, 0.2) is 0 Å². The summed E-state index contributed by atoms with van der Waals surface area (Å²) in [6, 6.07) is 0.125. The van der Waals surface area contributed by atoms with Crippen LogP contribution < -0.4 is 5.73 Å². The zero-order chi connectivity index (χ0) is 14.0. The SMILES string of the molecule is CC(N(C)C(=O)OC(C)(C)C)C1(CN)CCCC1. The molecule has 1 saturated carbocycles. The average molecular weight is 256 g/mol. The molecule has 0 aromatic heterocycles. The Labute approximate surface area is 111 Å². The Bertz CT molecular complexity index is 291. The van der Waals surface area contributed by atoms with Crippen LogP contribution in [0.3, 0.4) is 0 Å². The Morgan fingerprint density at radius 3 is 2.28 bits per heavy atom. The van der Waals surface area contributed by atoms with Crippen molar-refractivity contribution in [1.29, 1.82) is 0 Å². The Hall–Kier alpha value is -0.770. The maximum atomic E-state index is 12.1. The molecule has 1 aliphatic rings. The normalized spacial score (nSPS) is 20.6. The molecule has 0 saturated heterocycles. The molecule has 1 unspecified atom stereocenters. The molecule has 0 aliphatic heterocycles. The van der Waals surface area contributed by atoms with Crippen molar-refractivity contribution in [2.24, 2.45) is 11.1 Å². The van der Waals surface area contributed by atoms with E-state index in [9.17, 15) is 4.79 Å². The molecule has 106 valence electrons. The van der Waals surface area contributed by atoms with Crippen LogP contribution in [0.25, 0.3) is 0 Å². The van der Waals surface area contributed by atoms with E-state index in [-0.39, 0.29) is 17.6 Å². The smallest absolute Gasteiger partial charge is 0.410 e. The molecule has 4 nitrogen and oxygen atoms in total. The minimum atomic E-state index is -0.448. The summed E-state index contributed by atoms with van der Waals surface area (Å²) in [7, 11) is 1.81. The lowest BCUT2D eigenvalue weighted by molar-refractivity contribution is 0.00821. The number of ether oxygens (including phenoxy) is 1. The van der Waals surface area contributed by atoms with Crippen molar-refractivity contribution in [3.8, 4) is 0 Å². The maximum Gasteiger partial charge on any atom is 0.410 e. The molecule has 0 spiro atoms. The van der Waals surface area contributed by atoms with Gasteiger partial charge in [0.25, 0.3) is 0 Å². The molecule has 1 aliphatic carbocycles. The highest BCUT2D eigenvalue weighted by Gasteiger charge is 2.41. The van der Waals surface area contributed by atoms with Crippen LogP contribution in [-0.2, 0) is 4.74 Å². The van der Waals surface area contributed by atoms with E-state index in [4.69, 9.17) is 10.5 Å². The number of carbonyl (C=O) groups is 1. The van der Waals surface area contributed by atoms with Crippen molar-refractivity contribution in [1.82, 2.24) is 4.90 Å². The van der Waals surface area contributed by atoms with Gasteiger partial charge in [0, 0.05) is 18.5 Å². The van der Waals surface area contributed by atoms with Gasteiger partial charge in [-0.2, -0.15) is 0 Å². The van der Waals surface area contributed by atoms with Gasteiger partial charge in [-0.15, -0.1) is 0 Å². The molecule has 1 rings (SSSR count). The van der Waals surface area contributed by atoms with Crippen LogP contribution in [0.5, 0.6) is 0 Å². The molecule has 0 bridgehead atoms. The number of amides is 1. The van der Waals surface area contributed by atoms with Crippen LogP contribution >= 0.6 is 0 Å². The first-order chi connectivity index (χ1) is 8.22. The molecule has 1 fully saturated rings. The summed E-state index contributed by atoms with van der Waals surface area (Å²) in [6.45, 7) is 8.39. The van der Waals surface area contributed by atoms with E-state index in [1.807, 2.05) is 27.8 Å². The van der Waals surface area contributed by atoms with E-state index < -0.39 is 5.60 Å². The molecular formula is C14H28N2O2. The Morgan fingerprint density at radius 1 is 1.39 bits per heavy atom. The third kappa shape index (κ3) is 3.37. The molecule has 4 heteroatoms. The lowest BCUT2D eigenvalue weighted by atomic mass is 9.79. The third-order valence-corrected chi connectivity index (χ3v) is 4.15. The van der Waals surface area contributed by atoms with Gasteiger partial charge in [-0.25, -0.2) is 4.79 Å². The Morgan fingerprint density at radius 2 is 1.89 bits per heavy atom. The first-order valence-corrected chi connectivity index (χ1v) is 6.88. The zero-order valence-electron chi connectivity index (χ0n) is 12.5. The van der Waals surface area contributed by atoms with E-state index in [0.29, 0.717) is 6.54 Å². The Balaban J connectivity index is 2.70. The van der Waals surface area contributed by atoms with E-state index in [0.717, 1.165) is 12.8 Å². The van der Waals surface area contributed by atoms with Crippen LogP contribution in [-0.4, -0.2) is 36.2 Å². The molecule has 18 heavy (non-hydrogen) atoms. The van der Waals surface area contributed by atoms with Crippen molar-refractivity contribution < 1.29 is 9.53 Å². The van der Waals surface area contributed by atoms with Gasteiger partial charge in [-0.3, -0.25) is 0 Å². The van der Waals surface area contributed by atoms with E-state index in [1.165, 1.54) is 12.8 Å². The fourth-order valence-corrected chi connectivity index (χ4v) is 2.77. The van der Waals surface area contributed by atoms with Crippen molar-refractivity contribution >= 4 is 6.09 Å². The molecule has 0 heterocycles. The number of carbonyl (C=O) groups excluding carboxylic acids is 1. The fourth-order valence-electron chi connectivity index (χ4n) is 2.77. The summed E-state index contributed by atoms with van der Waals surface area (Å²) < 4.78 is 5.42.